The van der Waals surface area contributed by atoms with Gasteiger partial charge in [-0.3, -0.25) is 4.79 Å². The number of allylic oxidation sites excluding steroid dienone is 1. The molecule has 0 spiro atoms. The number of ketones is 1. The summed E-state index contributed by atoms with van der Waals surface area (Å²) in [6, 6.07) is 7.31. The number of benzene rings is 1. The Morgan fingerprint density at radius 2 is 2.28 bits per heavy atom. The van der Waals surface area contributed by atoms with Crippen LogP contribution in [0.1, 0.15) is 41.1 Å². The largest absolute Gasteiger partial charge is 0.493 e. The van der Waals surface area contributed by atoms with Gasteiger partial charge in [0.05, 0.1) is 18.4 Å². The molecule has 3 rings (SSSR count). The fourth-order valence-corrected chi connectivity index (χ4v) is 2.92. The van der Waals surface area contributed by atoms with Crippen molar-refractivity contribution in [2.75, 3.05) is 6.61 Å². The second kappa shape index (κ2) is 6.86. The van der Waals surface area contributed by atoms with Gasteiger partial charge in [-0.25, -0.2) is 0 Å². The van der Waals surface area contributed by atoms with Crippen molar-refractivity contribution in [2.45, 2.75) is 33.3 Å². The van der Waals surface area contributed by atoms with Crippen molar-refractivity contribution in [3.8, 4) is 17.6 Å². The number of fused-ring (bicyclic) bond motifs is 1. The van der Waals surface area contributed by atoms with Crippen LogP contribution in [0.2, 0.25) is 0 Å². The van der Waals surface area contributed by atoms with Crippen LogP contribution < -0.4 is 9.47 Å². The highest BCUT2D eigenvalue weighted by atomic mass is 16.5. The Morgan fingerprint density at radius 3 is 2.92 bits per heavy atom. The van der Waals surface area contributed by atoms with Gasteiger partial charge in [0, 0.05) is 17.5 Å². The minimum Gasteiger partial charge on any atom is -0.493 e. The Morgan fingerprint density at radius 1 is 1.48 bits per heavy atom. The smallest absolute Gasteiger partial charge is 0.207 e. The van der Waals surface area contributed by atoms with Gasteiger partial charge in [-0.2, -0.15) is 5.26 Å². The maximum absolute atomic E-state index is 12.6. The minimum atomic E-state index is -0.369. The molecule has 0 radical (unpaired) electrons. The lowest BCUT2D eigenvalue weighted by Crippen LogP contribution is -2.05. The van der Waals surface area contributed by atoms with Gasteiger partial charge in [-0.05, 0) is 45.0 Å². The zero-order chi connectivity index (χ0) is 18.0. The van der Waals surface area contributed by atoms with Gasteiger partial charge in [0.2, 0.25) is 5.78 Å². The van der Waals surface area contributed by atoms with Crippen molar-refractivity contribution in [3.63, 3.8) is 0 Å². The summed E-state index contributed by atoms with van der Waals surface area (Å²) in [7, 11) is 0. The van der Waals surface area contributed by atoms with E-state index in [1.165, 1.54) is 6.26 Å². The average Bonchev–Trinajstić information content (AvgIpc) is 3.16. The summed E-state index contributed by atoms with van der Waals surface area (Å²) in [5.41, 5.74) is 2.14. The first-order valence-corrected chi connectivity index (χ1v) is 8.20. The number of rotatable bonds is 5. The van der Waals surface area contributed by atoms with Crippen LogP contribution in [0.4, 0.5) is 0 Å². The minimum absolute atomic E-state index is 0.0245. The van der Waals surface area contributed by atoms with E-state index in [-0.39, 0.29) is 17.5 Å². The van der Waals surface area contributed by atoms with Crippen LogP contribution in [0.25, 0.3) is 6.08 Å². The van der Waals surface area contributed by atoms with Crippen molar-refractivity contribution in [2.24, 2.45) is 0 Å². The maximum atomic E-state index is 12.6. The number of aryl methyl sites for hydroxylation is 1. The molecule has 1 aliphatic rings. The van der Waals surface area contributed by atoms with Gasteiger partial charge in [0.25, 0.3) is 0 Å². The summed E-state index contributed by atoms with van der Waals surface area (Å²) in [6.07, 6.45) is 3.91. The number of Topliss-reactive ketones (excluding diaryl/α,β-unsaturated/α-hetero) is 1. The molecule has 128 valence electrons. The van der Waals surface area contributed by atoms with Crippen molar-refractivity contribution < 1.29 is 18.7 Å². The van der Waals surface area contributed by atoms with Crippen LogP contribution in [0.3, 0.4) is 0 Å². The first kappa shape index (κ1) is 16.8. The molecule has 0 bridgehead atoms. The Hall–Kier alpha value is -3.00. The number of furan rings is 1. The molecule has 0 amide bonds. The van der Waals surface area contributed by atoms with E-state index in [4.69, 9.17) is 13.9 Å². The first-order valence-electron chi connectivity index (χ1n) is 8.20. The lowest BCUT2D eigenvalue weighted by atomic mass is 10.0. The molecule has 5 heteroatoms. The summed E-state index contributed by atoms with van der Waals surface area (Å²) in [5, 5.41) is 9.46. The van der Waals surface area contributed by atoms with Crippen LogP contribution in [-0.2, 0) is 6.42 Å². The van der Waals surface area contributed by atoms with Gasteiger partial charge in [0.15, 0.2) is 0 Å². The molecule has 0 saturated heterocycles. The van der Waals surface area contributed by atoms with E-state index >= 15 is 0 Å². The fourth-order valence-electron chi connectivity index (χ4n) is 2.92. The number of ether oxygens (including phenoxy) is 2. The predicted octanol–water partition coefficient (Wildman–Crippen LogP) is 4.10. The van der Waals surface area contributed by atoms with Gasteiger partial charge >= 0.3 is 0 Å². The fraction of sp³-hybridized carbons (Fsp3) is 0.300. The van der Waals surface area contributed by atoms with Crippen molar-refractivity contribution in [3.05, 3.63) is 52.5 Å². The molecular formula is C20H19NO4. The summed E-state index contributed by atoms with van der Waals surface area (Å²) in [4.78, 5) is 12.6. The second-order valence-electron chi connectivity index (χ2n) is 5.95. The molecule has 1 atom stereocenters. The topological polar surface area (TPSA) is 72.5 Å². The SMILES string of the molecule is CCOc1cc2c(cc1/C=C(\C#N)C(=O)c1ccoc1C)O[C@@H](C)C2. The standard InChI is InChI=1S/C20H19NO4/c1-4-23-18-9-14-7-12(2)25-19(14)10-15(18)8-16(11-21)20(22)17-5-6-24-13(17)3/h5-6,8-10,12H,4,7H2,1-3H3/b16-8+/t12-/m0/s1. The van der Waals surface area contributed by atoms with Gasteiger partial charge in [-0.15, -0.1) is 0 Å². The average molecular weight is 337 g/mol. The number of hydrogen-bond donors (Lipinski definition) is 0. The Bertz CT molecular complexity index is 886. The van der Waals surface area contributed by atoms with E-state index in [1.807, 2.05) is 32.0 Å². The van der Waals surface area contributed by atoms with E-state index in [9.17, 15) is 10.1 Å². The van der Waals surface area contributed by atoms with Crippen LogP contribution in [0.15, 0.2) is 34.5 Å². The van der Waals surface area contributed by atoms with E-state index in [2.05, 4.69) is 0 Å². The van der Waals surface area contributed by atoms with E-state index in [1.54, 1.807) is 19.1 Å². The van der Waals surface area contributed by atoms with Crippen molar-refractivity contribution >= 4 is 11.9 Å². The number of hydrogen-bond acceptors (Lipinski definition) is 5. The highest BCUT2D eigenvalue weighted by molar-refractivity contribution is 6.14. The summed E-state index contributed by atoms with van der Waals surface area (Å²) < 4.78 is 16.6. The molecule has 2 heterocycles. The maximum Gasteiger partial charge on any atom is 0.207 e. The predicted molar refractivity (Wildman–Crippen MR) is 92.8 cm³/mol. The van der Waals surface area contributed by atoms with Crippen LogP contribution >= 0.6 is 0 Å². The Kier molecular flexibility index (Phi) is 4.62. The normalized spacial score (nSPS) is 16.1. The molecule has 0 fully saturated rings. The molecule has 0 aliphatic carbocycles. The zero-order valence-electron chi connectivity index (χ0n) is 14.5. The molecule has 1 aliphatic heterocycles. The molecule has 2 aromatic rings. The molecule has 25 heavy (non-hydrogen) atoms. The highest BCUT2D eigenvalue weighted by Crippen LogP contribution is 2.36. The monoisotopic (exact) mass is 337 g/mol. The molecule has 0 saturated carbocycles. The first-order chi connectivity index (χ1) is 12.0. The summed E-state index contributed by atoms with van der Waals surface area (Å²) in [5.74, 6) is 1.53. The van der Waals surface area contributed by atoms with Crippen LogP contribution in [0.5, 0.6) is 11.5 Å². The van der Waals surface area contributed by atoms with E-state index in [0.717, 1.165) is 17.7 Å². The third kappa shape index (κ3) is 3.29. The summed E-state index contributed by atoms with van der Waals surface area (Å²) >= 11 is 0. The Labute approximate surface area is 146 Å². The molecule has 0 N–H and O–H groups in total. The molecule has 1 aromatic carbocycles. The molecule has 0 unspecified atom stereocenters. The van der Waals surface area contributed by atoms with Gasteiger partial charge in [-0.1, -0.05) is 0 Å². The summed E-state index contributed by atoms with van der Waals surface area (Å²) in [6.45, 7) is 6.08. The number of nitrogens with zero attached hydrogens (tertiary/aromatic N) is 1. The van der Waals surface area contributed by atoms with E-state index < -0.39 is 0 Å². The molecular weight excluding hydrogens is 318 g/mol. The second-order valence-corrected chi connectivity index (χ2v) is 5.95. The van der Waals surface area contributed by atoms with Crippen LogP contribution in [0, 0.1) is 18.3 Å². The highest BCUT2D eigenvalue weighted by Gasteiger charge is 2.23. The number of carbonyl (C=O) groups excluding carboxylic acids is 1. The van der Waals surface area contributed by atoms with Crippen molar-refractivity contribution in [1.82, 2.24) is 0 Å². The third-order valence-electron chi connectivity index (χ3n) is 4.10. The van der Waals surface area contributed by atoms with Gasteiger partial charge in [0.1, 0.15) is 35.0 Å². The number of carbonyl (C=O) groups is 1. The lowest BCUT2D eigenvalue weighted by molar-refractivity contribution is 0.103. The van der Waals surface area contributed by atoms with Crippen LogP contribution in [-0.4, -0.2) is 18.5 Å². The quantitative estimate of drug-likeness (QED) is 0.466. The van der Waals surface area contributed by atoms with E-state index in [0.29, 0.717) is 29.2 Å². The molecule has 5 nitrogen and oxygen atoms in total. The number of nitriles is 1. The van der Waals surface area contributed by atoms with Crippen molar-refractivity contribution in [1.29, 1.82) is 5.26 Å². The third-order valence-corrected chi connectivity index (χ3v) is 4.10. The molecule has 1 aromatic heterocycles. The lowest BCUT2D eigenvalue weighted by Gasteiger charge is -2.10. The van der Waals surface area contributed by atoms with Gasteiger partial charge < -0.3 is 13.9 Å². The Balaban J connectivity index is 2.04. The zero-order valence-corrected chi connectivity index (χ0v) is 14.5.